The SMILES string of the molecule is CCn1c(-c2cccc(C)c2)nn(CN2CCOCC2)c1=S. The van der Waals surface area contributed by atoms with Gasteiger partial charge >= 0.3 is 0 Å². The van der Waals surface area contributed by atoms with Gasteiger partial charge in [-0.25, -0.2) is 4.68 Å². The highest BCUT2D eigenvalue weighted by atomic mass is 32.1. The highest BCUT2D eigenvalue weighted by Gasteiger charge is 2.16. The molecule has 1 aromatic carbocycles. The number of ether oxygens (including phenoxy) is 1. The number of rotatable bonds is 4. The normalized spacial score (nSPS) is 16.1. The Kier molecular flexibility index (Phi) is 4.71. The monoisotopic (exact) mass is 318 g/mol. The van der Waals surface area contributed by atoms with Crippen molar-refractivity contribution in [2.75, 3.05) is 26.3 Å². The summed E-state index contributed by atoms with van der Waals surface area (Å²) in [4.78, 5) is 2.33. The van der Waals surface area contributed by atoms with Crippen molar-refractivity contribution >= 4 is 12.2 Å². The molecule has 3 rings (SSSR count). The molecule has 0 radical (unpaired) electrons. The van der Waals surface area contributed by atoms with E-state index in [2.05, 4.69) is 47.6 Å². The van der Waals surface area contributed by atoms with Crippen molar-refractivity contribution in [2.45, 2.75) is 27.1 Å². The summed E-state index contributed by atoms with van der Waals surface area (Å²) in [5, 5.41) is 4.78. The van der Waals surface area contributed by atoms with Gasteiger partial charge in [0, 0.05) is 25.2 Å². The molecule has 2 heterocycles. The second kappa shape index (κ2) is 6.73. The average molecular weight is 318 g/mol. The van der Waals surface area contributed by atoms with Gasteiger partial charge in [0.1, 0.15) is 0 Å². The molecule has 0 N–H and O–H groups in total. The third-order valence-electron chi connectivity index (χ3n) is 3.95. The van der Waals surface area contributed by atoms with E-state index in [0.717, 1.165) is 55.7 Å². The van der Waals surface area contributed by atoms with Gasteiger partial charge in [-0.15, -0.1) is 0 Å². The van der Waals surface area contributed by atoms with Gasteiger partial charge in [-0.05, 0) is 32.1 Å². The number of hydrogen-bond donors (Lipinski definition) is 0. The van der Waals surface area contributed by atoms with E-state index in [9.17, 15) is 0 Å². The van der Waals surface area contributed by atoms with Gasteiger partial charge in [-0.3, -0.25) is 4.90 Å². The van der Waals surface area contributed by atoms with E-state index >= 15 is 0 Å². The van der Waals surface area contributed by atoms with Crippen LogP contribution in [0.5, 0.6) is 0 Å². The van der Waals surface area contributed by atoms with Crippen molar-refractivity contribution in [1.29, 1.82) is 0 Å². The smallest absolute Gasteiger partial charge is 0.199 e. The molecule has 0 amide bonds. The molecule has 6 heteroatoms. The molecule has 0 spiro atoms. The van der Waals surface area contributed by atoms with Gasteiger partial charge in [0.25, 0.3) is 0 Å². The van der Waals surface area contributed by atoms with Gasteiger partial charge < -0.3 is 9.30 Å². The third-order valence-corrected chi connectivity index (χ3v) is 4.38. The Morgan fingerprint density at radius 1 is 1.27 bits per heavy atom. The summed E-state index contributed by atoms with van der Waals surface area (Å²) in [5.74, 6) is 0.949. The lowest BCUT2D eigenvalue weighted by Crippen LogP contribution is -2.37. The number of nitrogens with zero attached hydrogens (tertiary/aromatic N) is 4. The van der Waals surface area contributed by atoms with Crippen LogP contribution in [0.3, 0.4) is 0 Å². The van der Waals surface area contributed by atoms with E-state index in [0.29, 0.717) is 0 Å². The Bertz CT molecular complexity index is 700. The van der Waals surface area contributed by atoms with Crippen molar-refractivity contribution in [2.24, 2.45) is 0 Å². The molecule has 0 bridgehead atoms. The molecule has 22 heavy (non-hydrogen) atoms. The van der Waals surface area contributed by atoms with Crippen LogP contribution in [0.25, 0.3) is 11.4 Å². The highest BCUT2D eigenvalue weighted by molar-refractivity contribution is 7.71. The van der Waals surface area contributed by atoms with E-state index in [-0.39, 0.29) is 0 Å². The van der Waals surface area contributed by atoms with Crippen LogP contribution in [0.4, 0.5) is 0 Å². The fourth-order valence-electron chi connectivity index (χ4n) is 2.75. The Hall–Kier alpha value is -1.50. The number of aryl methyl sites for hydroxylation is 1. The molecule has 1 aliphatic heterocycles. The maximum Gasteiger partial charge on any atom is 0.199 e. The highest BCUT2D eigenvalue weighted by Crippen LogP contribution is 2.20. The van der Waals surface area contributed by atoms with Crippen LogP contribution in [0, 0.1) is 11.7 Å². The molecular formula is C16H22N4OS. The van der Waals surface area contributed by atoms with E-state index in [1.54, 1.807) is 0 Å². The zero-order valence-corrected chi connectivity index (χ0v) is 14.0. The van der Waals surface area contributed by atoms with Crippen molar-refractivity contribution in [3.8, 4) is 11.4 Å². The second-order valence-corrected chi connectivity index (χ2v) is 5.96. The van der Waals surface area contributed by atoms with Crippen LogP contribution in [-0.2, 0) is 18.0 Å². The lowest BCUT2D eigenvalue weighted by Gasteiger charge is -2.26. The first-order chi connectivity index (χ1) is 10.7. The zero-order chi connectivity index (χ0) is 15.5. The average Bonchev–Trinajstić information content (AvgIpc) is 2.84. The van der Waals surface area contributed by atoms with Gasteiger partial charge in [-0.2, -0.15) is 5.10 Å². The lowest BCUT2D eigenvalue weighted by atomic mass is 10.1. The summed E-state index contributed by atoms with van der Waals surface area (Å²) >= 11 is 5.62. The maximum absolute atomic E-state index is 5.62. The van der Waals surface area contributed by atoms with Crippen LogP contribution in [-0.4, -0.2) is 45.6 Å². The lowest BCUT2D eigenvalue weighted by molar-refractivity contribution is 0.0209. The van der Waals surface area contributed by atoms with Crippen LogP contribution >= 0.6 is 12.2 Å². The Balaban J connectivity index is 1.94. The molecular weight excluding hydrogens is 296 g/mol. The molecule has 1 fully saturated rings. The van der Waals surface area contributed by atoms with Crippen molar-refractivity contribution in [1.82, 2.24) is 19.2 Å². The van der Waals surface area contributed by atoms with E-state index in [4.69, 9.17) is 22.1 Å². The predicted octanol–water partition coefficient (Wildman–Crippen LogP) is 2.70. The third kappa shape index (κ3) is 3.14. The number of aromatic nitrogens is 3. The van der Waals surface area contributed by atoms with Crippen molar-refractivity contribution in [3.05, 3.63) is 34.6 Å². The van der Waals surface area contributed by atoms with Crippen LogP contribution in [0.2, 0.25) is 0 Å². The molecule has 0 unspecified atom stereocenters. The van der Waals surface area contributed by atoms with E-state index < -0.39 is 0 Å². The molecule has 0 aliphatic carbocycles. The summed E-state index contributed by atoms with van der Waals surface area (Å²) in [7, 11) is 0. The summed E-state index contributed by atoms with van der Waals surface area (Å²) in [5.41, 5.74) is 2.35. The predicted molar refractivity (Wildman–Crippen MR) is 89.3 cm³/mol. The van der Waals surface area contributed by atoms with Crippen LogP contribution < -0.4 is 0 Å². The van der Waals surface area contributed by atoms with Gasteiger partial charge in [0.05, 0.1) is 19.9 Å². The molecule has 1 saturated heterocycles. The zero-order valence-electron chi connectivity index (χ0n) is 13.2. The topological polar surface area (TPSA) is 35.2 Å². The molecule has 0 atom stereocenters. The molecule has 118 valence electrons. The van der Waals surface area contributed by atoms with Gasteiger partial charge in [0.15, 0.2) is 10.6 Å². The molecule has 1 aromatic heterocycles. The molecule has 1 aliphatic rings. The largest absolute Gasteiger partial charge is 0.379 e. The molecule has 0 saturated carbocycles. The van der Waals surface area contributed by atoms with Crippen LogP contribution in [0.15, 0.2) is 24.3 Å². The minimum Gasteiger partial charge on any atom is -0.379 e. The Morgan fingerprint density at radius 3 is 2.73 bits per heavy atom. The second-order valence-electron chi connectivity index (χ2n) is 5.59. The minimum atomic E-state index is 0.730. The molecule has 5 nitrogen and oxygen atoms in total. The van der Waals surface area contributed by atoms with E-state index in [1.165, 1.54) is 5.56 Å². The number of hydrogen-bond acceptors (Lipinski definition) is 4. The minimum absolute atomic E-state index is 0.730. The number of benzene rings is 1. The first kappa shape index (κ1) is 15.4. The first-order valence-electron chi connectivity index (χ1n) is 7.74. The Morgan fingerprint density at radius 2 is 2.05 bits per heavy atom. The first-order valence-corrected chi connectivity index (χ1v) is 8.14. The quantitative estimate of drug-likeness (QED) is 0.812. The van der Waals surface area contributed by atoms with Crippen LogP contribution in [0.1, 0.15) is 12.5 Å². The van der Waals surface area contributed by atoms with E-state index in [1.807, 2.05) is 4.68 Å². The van der Waals surface area contributed by atoms with Crippen molar-refractivity contribution in [3.63, 3.8) is 0 Å². The fraction of sp³-hybridized carbons (Fsp3) is 0.500. The molecule has 2 aromatic rings. The van der Waals surface area contributed by atoms with Crippen molar-refractivity contribution < 1.29 is 4.74 Å². The summed E-state index contributed by atoms with van der Waals surface area (Å²) in [6.45, 7) is 9.19. The maximum atomic E-state index is 5.62. The standard InChI is InChI=1S/C16H22N4OS/c1-3-19-15(14-6-4-5-13(2)11-14)17-20(16(19)22)12-18-7-9-21-10-8-18/h4-6,11H,3,7-10,12H2,1-2H3. The summed E-state index contributed by atoms with van der Waals surface area (Å²) < 4.78 is 10.2. The fourth-order valence-corrected chi connectivity index (χ4v) is 3.06. The van der Waals surface area contributed by atoms with Gasteiger partial charge in [-0.1, -0.05) is 23.8 Å². The summed E-state index contributed by atoms with van der Waals surface area (Å²) in [6.07, 6.45) is 0. The van der Waals surface area contributed by atoms with Gasteiger partial charge in [0.2, 0.25) is 0 Å². The Labute approximate surface area is 136 Å². The number of morpholine rings is 1. The summed E-state index contributed by atoms with van der Waals surface area (Å²) in [6, 6.07) is 8.41.